The lowest BCUT2D eigenvalue weighted by molar-refractivity contribution is -0.132. The highest BCUT2D eigenvalue weighted by molar-refractivity contribution is 9.10. The largest absolute Gasteiger partial charge is 0.340 e. The van der Waals surface area contributed by atoms with Gasteiger partial charge in [-0.15, -0.1) is 0 Å². The Morgan fingerprint density at radius 1 is 1.06 bits per heavy atom. The van der Waals surface area contributed by atoms with Crippen LogP contribution in [0.2, 0.25) is 5.02 Å². The molecule has 5 nitrogen and oxygen atoms in total. The highest BCUT2D eigenvalue weighted by Crippen LogP contribution is 2.38. The molecule has 3 aromatic rings. The van der Waals surface area contributed by atoms with Gasteiger partial charge in [-0.2, -0.15) is 0 Å². The van der Waals surface area contributed by atoms with Crippen LogP contribution in [0.3, 0.4) is 0 Å². The van der Waals surface area contributed by atoms with Gasteiger partial charge in [-0.3, -0.25) is 19.7 Å². The topological polar surface area (TPSA) is 49.3 Å². The normalized spacial score (nSPS) is 17.6. The monoisotopic (exact) mass is 540 g/mol. The number of fused-ring (bicyclic) bond motifs is 2. The molecule has 7 heteroatoms. The molecule has 1 aliphatic heterocycles. The summed E-state index contributed by atoms with van der Waals surface area (Å²) in [5.41, 5.74) is 5.90. The summed E-state index contributed by atoms with van der Waals surface area (Å²) in [7, 11) is 0. The summed E-state index contributed by atoms with van der Waals surface area (Å²) in [6.07, 6.45) is 7.67. The van der Waals surface area contributed by atoms with Crippen LogP contribution in [0, 0.1) is 0 Å². The summed E-state index contributed by atoms with van der Waals surface area (Å²) < 4.78 is 1.00. The van der Waals surface area contributed by atoms with E-state index in [1.807, 2.05) is 43.1 Å². The molecule has 1 aliphatic carbocycles. The van der Waals surface area contributed by atoms with Gasteiger partial charge >= 0.3 is 0 Å². The zero-order chi connectivity index (χ0) is 24.1. The average Bonchev–Trinajstić information content (AvgIpc) is 3.02. The van der Waals surface area contributed by atoms with Crippen molar-refractivity contribution in [3.63, 3.8) is 0 Å². The molecule has 5 rings (SSSR count). The quantitative estimate of drug-likeness (QED) is 0.440. The number of benzene rings is 1. The second-order valence-electron chi connectivity index (χ2n) is 8.40. The fourth-order valence-corrected chi connectivity index (χ4v) is 5.37. The maximum absolute atomic E-state index is 12.8. The molecule has 178 valence electrons. The Morgan fingerprint density at radius 3 is 2.56 bits per heavy atom. The maximum atomic E-state index is 12.8. The molecule has 0 radical (unpaired) electrons. The molecule has 3 heterocycles. The van der Waals surface area contributed by atoms with Crippen LogP contribution in [-0.2, 0) is 24.1 Å². The van der Waals surface area contributed by atoms with Gasteiger partial charge in [0.15, 0.2) is 0 Å². The molecule has 1 atom stereocenters. The predicted molar refractivity (Wildman–Crippen MR) is 140 cm³/mol. The molecule has 0 N–H and O–H groups in total. The minimum Gasteiger partial charge on any atom is -0.340 e. The third-order valence-corrected chi connectivity index (χ3v) is 7.07. The van der Waals surface area contributed by atoms with Gasteiger partial charge in [0.2, 0.25) is 5.91 Å². The molecule has 0 bridgehead atoms. The minimum atomic E-state index is 0.0726. The van der Waals surface area contributed by atoms with Crippen molar-refractivity contribution in [2.45, 2.75) is 39.2 Å². The lowest BCUT2D eigenvalue weighted by Crippen LogP contribution is -2.50. The van der Waals surface area contributed by atoms with E-state index in [-0.39, 0.29) is 11.9 Å². The van der Waals surface area contributed by atoms with E-state index >= 15 is 0 Å². The van der Waals surface area contributed by atoms with E-state index in [4.69, 9.17) is 16.6 Å². The summed E-state index contributed by atoms with van der Waals surface area (Å²) in [5.74, 6) is 0.160. The number of hydrogen-bond donors (Lipinski definition) is 0. The number of amides is 1. The molecule has 2 aromatic heterocycles. The lowest BCUT2D eigenvalue weighted by Gasteiger charge is -2.40. The van der Waals surface area contributed by atoms with Crippen molar-refractivity contribution in [3.8, 4) is 0 Å². The number of carbonyl (C=O) groups excluding carboxylic acids is 1. The number of halogens is 2. The molecule has 1 fully saturated rings. The van der Waals surface area contributed by atoms with Gasteiger partial charge in [0.05, 0.1) is 18.2 Å². The minimum absolute atomic E-state index is 0.0726. The molecule has 34 heavy (non-hydrogen) atoms. The van der Waals surface area contributed by atoms with Crippen LogP contribution in [-0.4, -0.2) is 51.9 Å². The second kappa shape index (κ2) is 11.4. The van der Waals surface area contributed by atoms with Crippen molar-refractivity contribution in [3.05, 3.63) is 92.4 Å². The van der Waals surface area contributed by atoms with Gasteiger partial charge in [0, 0.05) is 54.3 Å². The van der Waals surface area contributed by atoms with E-state index in [2.05, 4.69) is 44.0 Å². The van der Waals surface area contributed by atoms with Gasteiger partial charge in [0.1, 0.15) is 0 Å². The Hall–Kier alpha value is -2.28. The van der Waals surface area contributed by atoms with E-state index in [0.717, 1.165) is 46.7 Å². The Balaban J connectivity index is 0.00000133. The number of carbonyl (C=O) groups is 1. The Labute approximate surface area is 215 Å². The van der Waals surface area contributed by atoms with E-state index in [1.165, 1.54) is 16.7 Å². The first-order valence-corrected chi connectivity index (χ1v) is 13.1. The van der Waals surface area contributed by atoms with Crippen LogP contribution >= 0.6 is 27.5 Å². The smallest absolute Gasteiger partial charge is 0.227 e. The molecule has 1 unspecified atom stereocenters. The van der Waals surface area contributed by atoms with Crippen molar-refractivity contribution in [1.29, 1.82) is 0 Å². The SMILES string of the molecule is CC.O=C(Cc1cccnc1)N1CCN(C2c3ccc(Cl)cc3CCc3cc(Br)cnc32)CC1. The summed E-state index contributed by atoms with van der Waals surface area (Å²) in [6, 6.07) is 12.3. The fraction of sp³-hybridized carbons (Fsp3) is 0.370. The first-order valence-electron chi connectivity index (χ1n) is 11.9. The van der Waals surface area contributed by atoms with Crippen molar-refractivity contribution in [2.24, 2.45) is 0 Å². The first kappa shape index (κ1) is 24.8. The number of nitrogens with zero attached hydrogens (tertiary/aromatic N) is 4. The van der Waals surface area contributed by atoms with Crippen molar-refractivity contribution in [1.82, 2.24) is 19.8 Å². The molecule has 1 saturated heterocycles. The average molecular weight is 542 g/mol. The van der Waals surface area contributed by atoms with Gasteiger partial charge in [0.25, 0.3) is 0 Å². The Morgan fingerprint density at radius 2 is 1.82 bits per heavy atom. The second-order valence-corrected chi connectivity index (χ2v) is 9.75. The van der Waals surface area contributed by atoms with Crippen LogP contribution in [0.25, 0.3) is 0 Å². The van der Waals surface area contributed by atoms with Crippen LogP contribution in [0.4, 0.5) is 0 Å². The first-order chi connectivity index (χ1) is 16.6. The summed E-state index contributed by atoms with van der Waals surface area (Å²) >= 11 is 9.92. The van der Waals surface area contributed by atoms with Crippen LogP contribution in [0.15, 0.2) is 59.5 Å². The number of pyridine rings is 2. The molecular formula is C27H30BrClN4O. The fourth-order valence-electron chi connectivity index (χ4n) is 4.80. The number of aryl methyl sites for hydroxylation is 2. The molecular weight excluding hydrogens is 512 g/mol. The summed E-state index contributed by atoms with van der Waals surface area (Å²) in [5, 5.41) is 0.772. The van der Waals surface area contributed by atoms with Crippen molar-refractivity contribution < 1.29 is 4.79 Å². The van der Waals surface area contributed by atoms with Crippen molar-refractivity contribution in [2.75, 3.05) is 26.2 Å². The highest BCUT2D eigenvalue weighted by atomic mass is 79.9. The van der Waals surface area contributed by atoms with Gasteiger partial charge in [-0.25, -0.2) is 0 Å². The predicted octanol–water partition coefficient (Wildman–Crippen LogP) is 5.49. The molecule has 0 spiro atoms. The van der Waals surface area contributed by atoms with Gasteiger partial charge < -0.3 is 4.90 Å². The van der Waals surface area contributed by atoms with Gasteiger partial charge in [-0.1, -0.05) is 37.6 Å². The highest BCUT2D eigenvalue weighted by Gasteiger charge is 2.33. The van der Waals surface area contributed by atoms with E-state index in [1.54, 1.807) is 12.4 Å². The zero-order valence-electron chi connectivity index (χ0n) is 19.7. The van der Waals surface area contributed by atoms with Crippen LogP contribution < -0.4 is 0 Å². The summed E-state index contributed by atoms with van der Waals surface area (Å²) in [6.45, 7) is 7.04. The van der Waals surface area contributed by atoms with Crippen molar-refractivity contribution >= 4 is 33.4 Å². The van der Waals surface area contributed by atoms with Gasteiger partial charge in [-0.05, 0) is 75.3 Å². The lowest BCUT2D eigenvalue weighted by atomic mass is 9.96. The standard InChI is InChI=1S/C25H24BrClN4O.C2H6/c26-20-13-19-4-3-18-14-21(27)5-6-22(18)25(24(19)29-16-20)31-10-8-30(9-11-31)23(32)12-17-2-1-7-28-15-17;1-2/h1-2,5-7,13-16,25H,3-4,8-12H2;1-2H3. The maximum Gasteiger partial charge on any atom is 0.227 e. The molecule has 0 saturated carbocycles. The number of hydrogen-bond acceptors (Lipinski definition) is 4. The third-order valence-electron chi connectivity index (χ3n) is 6.40. The number of rotatable bonds is 3. The number of piperazine rings is 1. The van der Waals surface area contributed by atoms with E-state index < -0.39 is 0 Å². The number of aromatic nitrogens is 2. The van der Waals surface area contributed by atoms with Crippen LogP contribution in [0.5, 0.6) is 0 Å². The Kier molecular flexibility index (Phi) is 8.35. The molecule has 2 aliphatic rings. The molecule has 1 aromatic carbocycles. The summed E-state index contributed by atoms with van der Waals surface area (Å²) in [4.78, 5) is 26.2. The zero-order valence-corrected chi connectivity index (χ0v) is 22.0. The Bertz CT molecular complexity index is 1080. The third kappa shape index (κ3) is 5.51. The van der Waals surface area contributed by atoms with E-state index in [9.17, 15) is 4.79 Å². The van der Waals surface area contributed by atoms with E-state index in [0.29, 0.717) is 19.5 Å². The van der Waals surface area contributed by atoms with Crippen LogP contribution in [0.1, 0.15) is 47.8 Å². The molecule has 1 amide bonds.